The Labute approximate surface area is 83.2 Å². The molecule has 2 heterocycles. The van der Waals surface area contributed by atoms with Crippen LogP contribution in [0.15, 0.2) is 12.5 Å². The normalized spacial score (nSPS) is 10.8. The summed E-state index contributed by atoms with van der Waals surface area (Å²) in [5, 5.41) is 0. The van der Waals surface area contributed by atoms with Gasteiger partial charge >= 0.3 is 0 Å². The maximum absolute atomic E-state index is 4.31. The van der Waals surface area contributed by atoms with Crippen LogP contribution in [-0.2, 0) is 6.54 Å². The molecule has 0 unspecified atom stereocenters. The molecule has 4 nitrogen and oxygen atoms in total. The van der Waals surface area contributed by atoms with Crippen molar-refractivity contribution in [3.05, 3.63) is 16.4 Å². The largest absolute Gasteiger partial charge is 0.304 e. The molecule has 0 atom stereocenters. The highest BCUT2D eigenvalue weighted by molar-refractivity contribution is 14.1. The number of aryl methyl sites for hydroxylation is 1. The van der Waals surface area contributed by atoms with Crippen LogP contribution in [0.2, 0.25) is 0 Å². The maximum atomic E-state index is 4.31. The van der Waals surface area contributed by atoms with E-state index in [1.54, 1.807) is 12.5 Å². The Morgan fingerprint density at radius 1 is 1.58 bits per heavy atom. The minimum absolute atomic E-state index is 0.865. The summed E-state index contributed by atoms with van der Waals surface area (Å²) in [6.07, 6.45) is 3.28. The number of hydrogen-bond acceptors (Lipinski definition) is 3. The molecule has 0 fully saturated rings. The van der Waals surface area contributed by atoms with Gasteiger partial charge < -0.3 is 4.57 Å². The molecule has 0 radical (unpaired) electrons. The van der Waals surface area contributed by atoms with Gasteiger partial charge in [-0.2, -0.15) is 0 Å². The fourth-order valence-corrected chi connectivity index (χ4v) is 1.96. The number of fused-ring (bicyclic) bond motifs is 1. The first kappa shape index (κ1) is 7.90. The van der Waals surface area contributed by atoms with Gasteiger partial charge in [0.2, 0.25) is 0 Å². The van der Waals surface area contributed by atoms with Crippen LogP contribution in [0.5, 0.6) is 0 Å². The molecular formula is C7H7IN4. The van der Waals surface area contributed by atoms with E-state index in [-0.39, 0.29) is 0 Å². The van der Waals surface area contributed by atoms with E-state index in [1.165, 1.54) is 0 Å². The first-order chi connectivity index (χ1) is 5.83. The molecule has 0 bridgehead atoms. The summed E-state index contributed by atoms with van der Waals surface area (Å²) in [6.45, 7) is 2.97. The Balaban J connectivity index is 2.81. The van der Waals surface area contributed by atoms with Crippen LogP contribution in [0.25, 0.3) is 11.2 Å². The average Bonchev–Trinajstić information content (AvgIpc) is 2.40. The summed E-state index contributed by atoms with van der Waals surface area (Å²) < 4.78 is 3.02. The molecule has 5 heteroatoms. The molecular weight excluding hydrogens is 267 g/mol. The molecule has 0 aliphatic carbocycles. The summed E-state index contributed by atoms with van der Waals surface area (Å²) >= 11 is 2.20. The van der Waals surface area contributed by atoms with E-state index >= 15 is 0 Å². The standard InChI is InChI=1S/C7H7IN4/c1-2-12-6-5(11-7(12)8)3-9-4-10-6/h3-4H,2H2,1H3. The maximum Gasteiger partial charge on any atom is 0.173 e. The zero-order chi connectivity index (χ0) is 8.55. The zero-order valence-electron chi connectivity index (χ0n) is 6.53. The van der Waals surface area contributed by atoms with Gasteiger partial charge in [0, 0.05) is 29.1 Å². The molecule has 2 rings (SSSR count). The lowest BCUT2D eigenvalue weighted by molar-refractivity contribution is 0.754. The van der Waals surface area contributed by atoms with Crippen molar-refractivity contribution in [3.63, 3.8) is 0 Å². The van der Waals surface area contributed by atoms with Gasteiger partial charge in [-0.05, 0) is 6.92 Å². The second-order valence-electron chi connectivity index (χ2n) is 2.36. The molecule has 0 aliphatic heterocycles. The predicted octanol–water partition coefficient (Wildman–Crippen LogP) is 1.45. The van der Waals surface area contributed by atoms with Gasteiger partial charge in [0.1, 0.15) is 11.8 Å². The Bertz CT molecular complexity index is 409. The lowest BCUT2D eigenvalue weighted by atomic mass is 10.5. The molecule has 62 valence electrons. The van der Waals surface area contributed by atoms with E-state index in [4.69, 9.17) is 0 Å². The Kier molecular flexibility index (Phi) is 1.95. The van der Waals surface area contributed by atoms with Gasteiger partial charge in [-0.25, -0.2) is 15.0 Å². The average molecular weight is 274 g/mol. The predicted molar refractivity (Wildman–Crippen MR) is 53.7 cm³/mol. The van der Waals surface area contributed by atoms with Crippen LogP contribution >= 0.6 is 22.6 Å². The first-order valence-corrected chi connectivity index (χ1v) is 4.72. The highest BCUT2D eigenvalue weighted by Crippen LogP contribution is 2.13. The molecule has 0 aliphatic rings. The van der Waals surface area contributed by atoms with Crippen molar-refractivity contribution in [2.45, 2.75) is 13.5 Å². The molecule has 2 aromatic rings. The van der Waals surface area contributed by atoms with Gasteiger partial charge in [-0.1, -0.05) is 0 Å². The third-order valence-corrected chi connectivity index (χ3v) is 2.50. The van der Waals surface area contributed by atoms with Crippen molar-refractivity contribution >= 4 is 33.8 Å². The van der Waals surface area contributed by atoms with Crippen molar-refractivity contribution in [1.29, 1.82) is 0 Å². The molecule has 2 aromatic heterocycles. The Morgan fingerprint density at radius 2 is 2.42 bits per heavy atom. The Hall–Kier alpha value is -0.720. The highest BCUT2D eigenvalue weighted by Gasteiger charge is 2.06. The summed E-state index contributed by atoms with van der Waals surface area (Å²) in [7, 11) is 0. The summed E-state index contributed by atoms with van der Waals surface area (Å²) in [5.74, 6) is 0. The number of imidazole rings is 1. The van der Waals surface area contributed by atoms with Crippen molar-refractivity contribution in [3.8, 4) is 0 Å². The number of aromatic nitrogens is 4. The minimum atomic E-state index is 0.865. The van der Waals surface area contributed by atoms with Crippen LogP contribution in [0.1, 0.15) is 6.92 Å². The summed E-state index contributed by atoms with van der Waals surface area (Å²) in [4.78, 5) is 12.4. The van der Waals surface area contributed by atoms with E-state index in [0.29, 0.717) is 0 Å². The van der Waals surface area contributed by atoms with Gasteiger partial charge in [0.05, 0.1) is 6.20 Å². The second kappa shape index (κ2) is 2.96. The molecule has 0 N–H and O–H groups in total. The van der Waals surface area contributed by atoms with E-state index in [9.17, 15) is 0 Å². The zero-order valence-corrected chi connectivity index (χ0v) is 8.69. The Morgan fingerprint density at radius 3 is 3.17 bits per heavy atom. The molecule has 0 spiro atoms. The van der Waals surface area contributed by atoms with E-state index in [0.717, 1.165) is 21.5 Å². The third-order valence-electron chi connectivity index (χ3n) is 1.68. The van der Waals surface area contributed by atoms with Crippen LogP contribution in [0, 0.1) is 3.83 Å². The smallest absolute Gasteiger partial charge is 0.173 e. The molecule has 0 saturated heterocycles. The molecule has 12 heavy (non-hydrogen) atoms. The topological polar surface area (TPSA) is 43.6 Å². The van der Waals surface area contributed by atoms with E-state index < -0.39 is 0 Å². The molecule has 0 aromatic carbocycles. The van der Waals surface area contributed by atoms with Crippen LogP contribution in [0.4, 0.5) is 0 Å². The van der Waals surface area contributed by atoms with Crippen molar-refractivity contribution < 1.29 is 0 Å². The second-order valence-corrected chi connectivity index (χ2v) is 3.32. The fraction of sp³-hybridized carbons (Fsp3) is 0.286. The van der Waals surface area contributed by atoms with Crippen molar-refractivity contribution in [2.24, 2.45) is 0 Å². The van der Waals surface area contributed by atoms with E-state index in [1.807, 2.05) is 0 Å². The van der Waals surface area contributed by atoms with Gasteiger partial charge in [-0.15, -0.1) is 0 Å². The van der Waals surface area contributed by atoms with Crippen LogP contribution in [0.3, 0.4) is 0 Å². The molecule has 0 saturated carbocycles. The fourth-order valence-electron chi connectivity index (χ4n) is 1.13. The summed E-state index contributed by atoms with van der Waals surface area (Å²) in [5.41, 5.74) is 1.78. The minimum Gasteiger partial charge on any atom is -0.304 e. The first-order valence-electron chi connectivity index (χ1n) is 3.64. The summed E-state index contributed by atoms with van der Waals surface area (Å²) in [6, 6.07) is 0. The number of nitrogens with zero attached hydrogens (tertiary/aromatic N) is 4. The third kappa shape index (κ3) is 1.08. The number of halogens is 1. The number of rotatable bonds is 1. The lowest BCUT2D eigenvalue weighted by Gasteiger charge is -1.97. The van der Waals surface area contributed by atoms with Crippen molar-refractivity contribution in [1.82, 2.24) is 19.5 Å². The number of hydrogen-bond donors (Lipinski definition) is 0. The van der Waals surface area contributed by atoms with Gasteiger partial charge in [-0.3, -0.25) is 0 Å². The highest BCUT2D eigenvalue weighted by atomic mass is 127. The van der Waals surface area contributed by atoms with E-state index in [2.05, 4.69) is 49.0 Å². The SMILES string of the molecule is CCn1c(I)nc2cncnc21. The van der Waals surface area contributed by atoms with Gasteiger partial charge in [0.25, 0.3) is 0 Å². The van der Waals surface area contributed by atoms with Crippen molar-refractivity contribution in [2.75, 3.05) is 0 Å². The van der Waals surface area contributed by atoms with Crippen LogP contribution in [-0.4, -0.2) is 19.5 Å². The van der Waals surface area contributed by atoms with Crippen LogP contribution < -0.4 is 0 Å². The monoisotopic (exact) mass is 274 g/mol. The lowest BCUT2D eigenvalue weighted by Crippen LogP contribution is -1.97. The van der Waals surface area contributed by atoms with Gasteiger partial charge in [0.15, 0.2) is 9.48 Å². The quantitative estimate of drug-likeness (QED) is 0.584. The molecule has 0 amide bonds.